The molecule has 4 aromatic rings. The molecule has 42 heavy (non-hydrogen) atoms. The number of hydrogen-bond acceptors (Lipinski definition) is 8. The molecule has 0 spiro atoms. The van der Waals surface area contributed by atoms with Crippen molar-refractivity contribution in [3.8, 4) is 11.5 Å². The Morgan fingerprint density at radius 2 is 1.50 bits per heavy atom. The molecule has 0 amide bonds. The Hall–Kier alpha value is -4.22. The van der Waals surface area contributed by atoms with Gasteiger partial charge >= 0.3 is 5.69 Å². The van der Waals surface area contributed by atoms with Crippen LogP contribution in [0.25, 0.3) is 0 Å². The number of ether oxygens (including phenoxy) is 5. The molecule has 2 N–H and O–H groups in total. The van der Waals surface area contributed by atoms with Crippen LogP contribution in [0.15, 0.2) is 94.6 Å². The molecule has 4 atom stereocenters. The molecular formula is C32H32N2O8. The lowest BCUT2D eigenvalue weighted by Crippen LogP contribution is -2.48. The van der Waals surface area contributed by atoms with E-state index < -0.39 is 40.9 Å². The molecule has 6 rings (SSSR count). The number of methoxy groups -OCH3 is 2. The van der Waals surface area contributed by atoms with Gasteiger partial charge in [-0.2, -0.15) is 0 Å². The van der Waals surface area contributed by atoms with E-state index in [1.54, 1.807) is 21.1 Å². The summed E-state index contributed by atoms with van der Waals surface area (Å²) in [6.45, 7) is 1.57. The van der Waals surface area contributed by atoms with Crippen LogP contribution in [0.3, 0.4) is 0 Å². The first-order valence-corrected chi connectivity index (χ1v) is 13.6. The van der Waals surface area contributed by atoms with Crippen LogP contribution < -0.4 is 20.7 Å². The molecule has 3 heterocycles. The van der Waals surface area contributed by atoms with Gasteiger partial charge in [0.2, 0.25) is 0 Å². The van der Waals surface area contributed by atoms with Crippen molar-refractivity contribution in [2.45, 2.75) is 36.6 Å². The Labute approximate surface area is 242 Å². The summed E-state index contributed by atoms with van der Waals surface area (Å²) in [5, 5.41) is 11.4. The van der Waals surface area contributed by atoms with Gasteiger partial charge in [-0.15, -0.1) is 0 Å². The quantitative estimate of drug-likeness (QED) is 0.294. The molecule has 0 aliphatic carbocycles. The second kappa shape index (κ2) is 10.9. The maximum absolute atomic E-state index is 12.7. The molecule has 1 aromatic heterocycles. The number of fused-ring (bicyclic) bond motifs is 2. The third kappa shape index (κ3) is 4.53. The second-order valence-electron chi connectivity index (χ2n) is 10.6. The highest BCUT2D eigenvalue weighted by Gasteiger charge is 2.63. The van der Waals surface area contributed by atoms with Crippen LogP contribution >= 0.6 is 0 Å². The summed E-state index contributed by atoms with van der Waals surface area (Å²) in [6.07, 6.45) is -1.46. The van der Waals surface area contributed by atoms with Crippen LogP contribution in [0.5, 0.6) is 11.5 Å². The predicted molar refractivity (Wildman–Crippen MR) is 153 cm³/mol. The van der Waals surface area contributed by atoms with Gasteiger partial charge in [0.25, 0.3) is 5.56 Å². The Kier molecular flexibility index (Phi) is 7.24. The van der Waals surface area contributed by atoms with Gasteiger partial charge in [0.05, 0.1) is 27.4 Å². The van der Waals surface area contributed by atoms with E-state index in [4.69, 9.17) is 23.7 Å². The van der Waals surface area contributed by atoms with E-state index in [-0.39, 0.29) is 13.2 Å². The highest BCUT2D eigenvalue weighted by atomic mass is 16.7. The maximum Gasteiger partial charge on any atom is 0.330 e. The summed E-state index contributed by atoms with van der Waals surface area (Å²) < 4.78 is 31.4. The number of benzene rings is 3. The maximum atomic E-state index is 12.7. The predicted octanol–water partition coefficient (Wildman–Crippen LogP) is 2.90. The lowest BCUT2D eigenvalue weighted by atomic mass is 9.79. The number of aryl methyl sites for hydroxylation is 1. The summed E-state index contributed by atoms with van der Waals surface area (Å²) in [6, 6.07) is 25.0. The lowest BCUT2D eigenvalue weighted by molar-refractivity contribution is -0.204. The lowest BCUT2D eigenvalue weighted by Gasteiger charge is -2.39. The van der Waals surface area contributed by atoms with Crippen molar-refractivity contribution in [1.29, 1.82) is 0 Å². The standard InChI is InChI=1S/C32H32N2O8/c1-20-17-34(30(37)33-28(20)36)29-26-27(35)31(42-29,18-40-26)19-41-32(21-7-5-4-6-8-21,22-9-13-24(38-2)14-10-22)23-11-15-25(39-3)16-12-23/h4-17,26-27,29,35H,18-19H2,1-3H3,(H,33,36,37). The zero-order chi connectivity index (χ0) is 29.5. The van der Waals surface area contributed by atoms with E-state index >= 15 is 0 Å². The molecule has 2 aliphatic heterocycles. The number of aromatic nitrogens is 2. The molecule has 10 nitrogen and oxygen atoms in total. The third-order valence-electron chi connectivity index (χ3n) is 8.13. The minimum atomic E-state index is -1.28. The van der Waals surface area contributed by atoms with Crippen molar-refractivity contribution in [3.63, 3.8) is 0 Å². The summed E-state index contributed by atoms with van der Waals surface area (Å²) in [7, 11) is 3.22. The SMILES string of the molecule is COc1ccc(C(OCC23COC(C(n4cc(C)c(=O)[nH]c4=O)O2)C3O)(c2ccccc2)c2ccc(OC)cc2)cc1. The minimum absolute atomic E-state index is 0.0580. The van der Waals surface area contributed by atoms with E-state index in [0.717, 1.165) is 16.7 Å². The number of aliphatic hydroxyl groups is 1. The topological polar surface area (TPSA) is 121 Å². The van der Waals surface area contributed by atoms with Gasteiger partial charge < -0.3 is 28.8 Å². The Morgan fingerprint density at radius 1 is 0.929 bits per heavy atom. The summed E-state index contributed by atoms with van der Waals surface area (Å²) in [4.78, 5) is 26.9. The largest absolute Gasteiger partial charge is 0.497 e. The first-order valence-electron chi connectivity index (χ1n) is 13.6. The van der Waals surface area contributed by atoms with E-state index in [1.807, 2.05) is 78.9 Å². The zero-order valence-electron chi connectivity index (χ0n) is 23.5. The minimum Gasteiger partial charge on any atom is -0.497 e. The Morgan fingerprint density at radius 3 is 2.07 bits per heavy atom. The number of rotatable bonds is 9. The van der Waals surface area contributed by atoms with E-state index in [9.17, 15) is 14.7 Å². The van der Waals surface area contributed by atoms with Gasteiger partial charge in [-0.1, -0.05) is 54.6 Å². The number of nitrogens with zero attached hydrogens (tertiary/aromatic N) is 1. The molecular weight excluding hydrogens is 540 g/mol. The smallest absolute Gasteiger partial charge is 0.330 e. The number of aromatic amines is 1. The third-order valence-corrected chi connectivity index (χ3v) is 8.13. The van der Waals surface area contributed by atoms with E-state index in [1.165, 1.54) is 10.8 Å². The monoisotopic (exact) mass is 572 g/mol. The van der Waals surface area contributed by atoms with Crippen LogP contribution in [0.2, 0.25) is 0 Å². The molecule has 218 valence electrons. The van der Waals surface area contributed by atoms with Gasteiger partial charge in [-0.05, 0) is 47.9 Å². The fourth-order valence-electron chi connectivity index (χ4n) is 5.82. The molecule has 2 bridgehead atoms. The molecule has 0 saturated carbocycles. The van der Waals surface area contributed by atoms with E-state index in [2.05, 4.69) is 4.98 Å². The van der Waals surface area contributed by atoms with Crippen molar-refractivity contribution in [3.05, 3.63) is 128 Å². The van der Waals surface area contributed by atoms with Crippen molar-refractivity contribution < 1.29 is 28.8 Å². The van der Waals surface area contributed by atoms with Crippen LogP contribution in [0, 0.1) is 6.92 Å². The fraction of sp³-hybridized carbons (Fsp3) is 0.312. The Balaban J connectivity index is 1.44. The summed E-state index contributed by atoms with van der Waals surface area (Å²) >= 11 is 0. The second-order valence-corrected chi connectivity index (χ2v) is 10.6. The highest BCUT2D eigenvalue weighted by Crippen LogP contribution is 2.48. The fourth-order valence-corrected chi connectivity index (χ4v) is 5.82. The summed E-state index contributed by atoms with van der Waals surface area (Å²) in [5.41, 5.74) is -0.717. The highest BCUT2D eigenvalue weighted by molar-refractivity contribution is 5.49. The molecule has 4 unspecified atom stereocenters. The zero-order valence-corrected chi connectivity index (χ0v) is 23.5. The number of hydrogen-bond donors (Lipinski definition) is 2. The van der Waals surface area contributed by atoms with Gasteiger partial charge in [-0.25, -0.2) is 4.79 Å². The number of aliphatic hydroxyl groups excluding tert-OH is 1. The van der Waals surface area contributed by atoms with Gasteiger partial charge in [0, 0.05) is 11.8 Å². The van der Waals surface area contributed by atoms with Crippen molar-refractivity contribution >= 4 is 0 Å². The summed E-state index contributed by atoms with van der Waals surface area (Å²) in [5.74, 6) is 1.39. The van der Waals surface area contributed by atoms with Gasteiger partial charge in [0.1, 0.15) is 34.9 Å². The molecule has 2 saturated heterocycles. The average Bonchev–Trinajstić information content (AvgIpc) is 3.49. The van der Waals surface area contributed by atoms with Crippen molar-refractivity contribution in [2.24, 2.45) is 0 Å². The number of H-pyrrole nitrogens is 1. The molecule has 2 aliphatic rings. The van der Waals surface area contributed by atoms with Crippen molar-refractivity contribution in [2.75, 3.05) is 27.4 Å². The molecule has 2 fully saturated rings. The van der Waals surface area contributed by atoms with Gasteiger partial charge in [-0.3, -0.25) is 14.3 Å². The molecule has 3 aromatic carbocycles. The normalized spacial score (nSPS) is 23.2. The molecule has 10 heteroatoms. The van der Waals surface area contributed by atoms with Crippen LogP contribution in [0.4, 0.5) is 0 Å². The van der Waals surface area contributed by atoms with Crippen LogP contribution in [0.1, 0.15) is 28.5 Å². The number of nitrogens with one attached hydrogen (secondary N) is 1. The molecule has 0 radical (unpaired) electrons. The van der Waals surface area contributed by atoms with Crippen LogP contribution in [-0.4, -0.2) is 59.9 Å². The average molecular weight is 573 g/mol. The van der Waals surface area contributed by atoms with Crippen molar-refractivity contribution in [1.82, 2.24) is 9.55 Å². The van der Waals surface area contributed by atoms with E-state index in [0.29, 0.717) is 17.1 Å². The van der Waals surface area contributed by atoms with Crippen LogP contribution in [-0.2, 0) is 19.8 Å². The first-order chi connectivity index (χ1) is 20.3. The Bertz CT molecular complexity index is 1620. The van der Waals surface area contributed by atoms with Gasteiger partial charge in [0.15, 0.2) is 6.23 Å². The first kappa shape index (κ1) is 27.9.